The minimum Gasteiger partial charge on any atom is -0.357 e. The van der Waals surface area contributed by atoms with Crippen molar-refractivity contribution in [2.24, 2.45) is 4.99 Å². The first kappa shape index (κ1) is 20.1. The molecule has 1 heterocycles. The Kier molecular flexibility index (Phi) is 7.36. The average molecular weight is 366 g/mol. The van der Waals surface area contributed by atoms with Gasteiger partial charge in [0.1, 0.15) is 11.6 Å². The van der Waals surface area contributed by atoms with Crippen molar-refractivity contribution in [2.75, 3.05) is 26.2 Å². The van der Waals surface area contributed by atoms with E-state index in [1.54, 1.807) is 0 Å². The van der Waals surface area contributed by atoms with Crippen LogP contribution in [0.2, 0.25) is 0 Å². The van der Waals surface area contributed by atoms with Crippen molar-refractivity contribution in [1.29, 1.82) is 0 Å². The van der Waals surface area contributed by atoms with Gasteiger partial charge in [0.15, 0.2) is 5.96 Å². The van der Waals surface area contributed by atoms with Crippen molar-refractivity contribution in [3.8, 4) is 0 Å². The molecule has 2 rings (SSSR count). The van der Waals surface area contributed by atoms with Gasteiger partial charge < -0.3 is 15.5 Å². The van der Waals surface area contributed by atoms with E-state index in [9.17, 15) is 13.6 Å². The second kappa shape index (κ2) is 9.50. The third kappa shape index (κ3) is 5.41. The van der Waals surface area contributed by atoms with Gasteiger partial charge in [0.25, 0.3) is 0 Å². The van der Waals surface area contributed by atoms with Crippen molar-refractivity contribution in [3.05, 3.63) is 35.4 Å². The lowest BCUT2D eigenvalue weighted by Crippen LogP contribution is -2.45. The molecular formula is C19H28F2N4O. The van der Waals surface area contributed by atoms with Gasteiger partial charge in [-0.3, -0.25) is 9.79 Å². The number of hydrogen-bond acceptors (Lipinski definition) is 2. The highest BCUT2D eigenvalue weighted by Gasteiger charge is 2.25. The van der Waals surface area contributed by atoms with E-state index in [2.05, 4.69) is 15.6 Å². The fourth-order valence-corrected chi connectivity index (χ4v) is 3.07. The third-order valence-corrected chi connectivity index (χ3v) is 4.55. The van der Waals surface area contributed by atoms with Crippen molar-refractivity contribution in [2.45, 2.75) is 45.6 Å². The van der Waals surface area contributed by atoms with Crippen LogP contribution in [0.5, 0.6) is 0 Å². The molecule has 2 atom stereocenters. The Labute approximate surface area is 153 Å². The first-order chi connectivity index (χ1) is 12.4. The number of carbonyl (C=O) groups excluding carboxylic acids is 1. The maximum absolute atomic E-state index is 13.9. The standard InChI is InChI=1S/C19H28F2N4O/c1-4-18(26)25-9-8-15(12-25)24-19(22-5-2)23-11-13(3)16-7-6-14(20)10-17(16)21/h6-7,10,13,15H,4-5,8-9,11-12H2,1-3H3,(H2,22,23,24). The molecule has 0 aromatic heterocycles. The average Bonchev–Trinajstić information content (AvgIpc) is 3.07. The van der Waals surface area contributed by atoms with Crippen LogP contribution in [-0.2, 0) is 4.79 Å². The van der Waals surface area contributed by atoms with Crippen LogP contribution in [0.4, 0.5) is 8.78 Å². The minimum atomic E-state index is -0.579. The predicted molar refractivity (Wildman–Crippen MR) is 99.2 cm³/mol. The van der Waals surface area contributed by atoms with Crippen molar-refractivity contribution < 1.29 is 13.6 Å². The monoisotopic (exact) mass is 366 g/mol. The van der Waals surface area contributed by atoms with Gasteiger partial charge >= 0.3 is 0 Å². The molecule has 1 saturated heterocycles. The first-order valence-electron chi connectivity index (χ1n) is 9.22. The largest absolute Gasteiger partial charge is 0.357 e. The summed E-state index contributed by atoms with van der Waals surface area (Å²) < 4.78 is 26.9. The van der Waals surface area contributed by atoms with Crippen LogP contribution in [0, 0.1) is 11.6 Å². The van der Waals surface area contributed by atoms with Gasteiger partial charge in [-0.2, -0.15) is 0 Å². The molecule has 1 aliphatic heterocycles. The van der Waals surface area contributed by atoms with E-state index in [0.29, 0.717) is 37.6 Å². The summed E-state index contributed by atoms with van der Waals surface area (Å²) >= 11 is 0. The van der Waals surface area contributed by atoms with Crippen LogP contribution < -0.4 is 10.6 Å². The predicted octanol–water partition coefficient (Wildman–Crippen LogP) is 2.63. The van der Waals surface area contributed by atoms with Crippen LogP contribution in [0.25, 0.3) is 0 Å². The highest BCUT2D eigenvalue weighted by molar-refractivity contribution is 5.80. The van der Waals surface area contributed by atoms with Gasteiger partial charge in [-0.25, -0.2) is 8.78 Å². The normalized spacial score (nSPS) is 18.7. The molecule has 0 spiro atoms. The number of nitrogens with zero attached hydrogens (tertiary/aromatic N) is 2. The summed E-state index contributed by atoms with van der Waals surface area (Å²) in [7, 11) is 0. The number of nitrogens with one attached hydrogen (secondary N) is 2. The Morgan fingerprint density at radius 3 is 2.81 bits per heavy atom. The Hall–Kier alpha value is -2.18. The Morgan fingerprint density at radius 2 is 2.15 bits per heavy atom. The smallest absolute Gasteiger partial charge is 0.222 e. The molecule has 0 radical (unpaired) electrons. The van der Waals surface area contributed by atoms with E-state index in [-0.39, 0.29) is 17.9 Å². The van der Waals surface area contributed by atoms with Gasteiger partial charge in [-0.15, -0.1) is 0 Å². The summed E-state index contributed by atoms with van der Waals surface area (Å²) in [5, 5.41) is 6.53. The number of hydrogen-bond donors (Lipinski definition) is 2. The summed E-state index contributed by atoms with van der Waals surface area (Å²) in [5.41, 5.74) is 0.451. The van der Waals surface area contributed by atoms with Crippen LogP contribution in [0.15, 0.2) is 23.2 Å². The van der Waals surface area contributed by atoms with E-state index < -0.39 is 11.6 Å². The summed E-state index contributed by atoms with van der Waals surface area (Å²) in [6.07, 6.45) is 1.39. The van der Waals surface area contributed by atoms with Gasteiger partial charge in [-0.1, -0.05) is 19.9 Å². The molecule has 2 N–H and O–H groups in total. The quantitative estimate of drug-likeness (QED) is 0.601. The number of halogens is 2. The number of guanidine groups is 1. The molecule has 1 aromatic rings. The molecule has 0 saturated carbocycles. The second-order valence-electron chi connectivity index (χ2n) is 6.61. The van der Waals surface area contributed by atoms with E-state index in [4.69, 9.17) is 0 Å². The lowest BCUT2D eigenvalue weighted by molar-refractivity contribution is -0.129. The van der Waals surface area contributed by atoms with Crippen LogP contribution in [0.1, 0.15) is 45.1 Å². The SMILES string of the molecule is CCNC(=NCC(C)c1ccc(F)cc1F)NC1CCN(C(=O)CC)C1. The Morgan fingerprint density at radius 1 is 1.38 bits per heavy atom. The minimum absolute atomic E-state index is 0.154. The summed E-state index contributed by atoms with van der Waals surface area (Å²) in [5.74, 6) is -0.485. The second-order valence-corrected chi connectivity index (χ2v) is 6.61. The number of aliphatic imine (C=N–C) groups is 1. The van der Waals surface area contributed by atoms with E-state index in [1.165, 1.54) is 12.1 Å². The topological polar surface area (TPSA) is 56.7 Å². The Balaban J connectivity index is 1.97. The molecular weight excluding hydrogens is 338 g/mol. The van der Waals surface area contributed by atoms with Gasteiger partial charge in [0, 0.05) is 50.6 Å². The van der Waals surface area contributed by atoms with E-state index >= 15 is 0 Å². The molecule has 2 unspecified atom stereocenters. The molecule has 1 amide bonds. The molecule has 5 nitrogen and oxygen atoms in total. The zero-order valence-corrected chi connectivity index (χ0v) is 15.7. The zero-order valence-electron chi connectivity index (χ0n) is 15.7. The van der Waals surface area contributed by atoms with Crippen LogP contribution >= 0.6 is 0 Å². The zero-order chi connectivity index (χ0) is 19.1. The van der Waals surface area contributed by atoms with Crippen molar-refractivity contribution in [3.63, 3.8) is 0 Å². The molecule has 144 valence electrons. The fraction of sp³-hybridized carbons (Fsp3) is 0.579. The van der Waals surface area contributed by atoms with Crippen LogP contribution in [0.3, 0.4) is 0 Å². The van der Waals surface area contributed by atoms with Gasteiger partial charge in [-0.05, 0) is 25.0 Å². The molecule has 1 aromatic carbocycles. The summed E-state index contributed by atoms with van der Waals surface area (Å²) in [6.45, 7) is 8.20. The third-order valence-electron chi connectivity index (χ3n) is 4.55. The molecule has 1 aliphatic rings. The fourth-order valence-electron chi connectivity index (χ4n) is 3.07. The van der Waals surface area contributed by atoms with Crippen molar-refractivity contribution in [1.82, 2.24) is 15.5 Å². The molecule has 0 bridgehead atoms. The molecule has 7 heteroatoms. The maximum atomic E-state index is 13.9. The lowest BCUT2D eigenvalue weighted by atomic mass is 10.0. The first-order valence-corrected chi connectivity index (χ1v) is 9.22. The van der Waals surface area contributed by atoms with E-state index in [1.807, 2.05) is 25.7 Å². The number of likely N-dealkylation sites (tertiary alicyclic amines) is 1. The number of benzene rings is 1. The highest BCUT2D eigenvalue weighted by atomic mass is 19.1. The lowest BCUT2D eigenvalue weighted by Gasteiger charge is -2.19. The van der Waals surface area contributed by atoms with E-state index in [0.717, 1.165) is 19.0 Å². The number of amides is 1. The van der Waals surface area contributed by atoms with Crippen LogP contribution in [-0.4, -0.2) is 49.0 Å². The molecule has 0 aliphatic carbocycles. The molecule has 1 fully saturated rings. The van der Waals surface area contributed by atoms with Crippen molar-refractivity contribution >= 4 is 11.9 Å². The maximum Gasteiger partial charge on any atom is 0.222 e. The number of rotatable bonds is 6. The summed E-state index contributed by atoms with van der Waals surface area (Å²) in [4.78, 5) is 18.2. The van der Waals surface area contributed by atoms with Gasteiger partial charge in [0.2, 0.25) is 5.91 Å². The highest BCUT2D eigenvalue weighted by Crippen LogP contribution is 2.20. The molecule has 26 heavy (non-hydrogen) atoms. The Bertz CT molecular complexity index is 650. The summed E-state index contributed by atoms with van der Waals surface area (Å²) in [6, 6.07) is 3.79. The number of carbonyl (C=O) groups is 1. The van der Waals surface area contributed by atoms with Gasteiger partial charge in [0.05, 0.1) is 0 Å².